The van der Waals surface area contributed by atoms with Gasteiger partial charge < -0.3 is 14.8 Å². The SMILES string of the molecule is COCCCNCCOc1ccccc1F. The van der Waals surface area contributed by atoms with Gasteiger partial charge in [0.2, 0.25) is 0 Å². The second kappa shape index (κ2) is 8.07. The lowest BCUT2D eigenvalue weighted by atomic mass is 10.3. The third-order valence-corrected chi connectivity index (χ3v) is 2.08. The van der Waals surface area contributed by atoms with E-state index in [0.717, 1.165) is 19.6 Å². The summed E-state index contributed by atoms with van der Waals surface area (Å²) in [5.41, 5.74) is 0. The smallest absolute Gasteiger partial charge is 0.165 e. The Morgan fingerprint density at radius 3 is 2.75 bits per heavy atom. The van der Waals surface area contributed by atoms with E-state index in [-0.39, 0.29) is 5.82 Å². The first-order valence-corrected chi connectivity index (χ1v) is 5.41. The van der Waals surface area contributed by atoms with Crippen LogP contribution in [0.25, 0.3) is 0 Å². The van der Waals surface area contributed by atoms with Crippen LogP contribution in [0.2, 0.25) is 0 Å². The molecule has 0 atom stereocenters. The van der Waals surface area contributed by atoms with E-state index in [0.29, 0.717) is 18.9 Å². The second-order valence-electron chi connectivity index (χ2n) is 3.38. The topological polar surface area (TPSA) is 30.5 Å². The Kier molecular flexibility index (Phi) is 6.53. The van der Waals surface area contributed by atoms with E-state index in [4.69, 9.17) is 9.47 Å². The first-order valence-electron chi connectivity index (χ1n) is 5.41. The molecule has 4 heteroatoms. The number of ether oxygens (including phenoxy) is 2. The number of rotatable bonds is 8. The van der Waals surface area contributed by atoms with Gasteiger partial charge in [-0.25, -0.2) is 4.39 Å². The van der Waals surface area contributed by atoms with Crippen LogP contribution in [0, 0.1) is 5.82 Å². The zero-order valence-corrected chi connectivity index (χ0v) is 9.54. The molecule has 1 rings (SSSR count). The molecule has 0 heterocycles. The highest BCUT2D eigenvalue weighted by atomic mass is 19.1. The lowest BCUT2D eigenvalue weighted by Crippen LogP contribution is -2.23. The minimum absolute atomic E-state index is 0.307. The Bertz CT molecular complexity index is 294. The van der Waals surface area contributed by atoms with Gasteiger partial charge in [-0.3, -0.25) is 0 Å². The standard InChI is InChI=1S/C12H18FNO2/c1-15-9-4-7-14-8-10-16-12-6-3-2-5-11(12)13/h2-3,5-6,14H,4,7-10H2,1H3. The highest BCUT2D eigenvalue weighted by Gasteiger charge is 1.99. The van der Waals surface area contributed by atoms with Crippen LogP contribution in [0.4, 0.5) is 4.39 Å². The summed E-state index contributed by atoms with van der Waals surface area (Å²) in [4.78, 5) is 0. The van der Waals surface area contributed by atoms with Crippen molar-refractivity contribution < 1.29 is 13.9 Å². The van der Waals surface area contributed by atoms with Crippen LogP contribution in [-0.4, -0.2) is 33.4 Å². The van der Waals surface area contributed by atoms with Crippen LogP contribution >= 0.6 is 0 Å². The van der Waals surface area contributed by atoms with E-state index in [9.17, 15) is 4.39 Å². The lowest BCUT2D eigenvalue weighted by Gasteiger charge is -2.07. The molecule has 1 N–H and O–H groups in total. The molecule has 0 amide bonds. The normalized spacial score (nSPS) is 10.4. The highest BCUT2D eigenvalue weighted by Crippen LogP contribution is 2.14. The van der Waals surface area contributed by atoms with Crippen molar-refractivity contribution in [1.82, 2.24) is 5.32 Å². The molecule has 0 radical (unpaired) electrons. The fourth-order valence-electron chi connectivity index (χ4n) is 1.26. The predicted octanol–water partition coefficient (Wildman–Crippen LogP) is 1.83. The van der Waals surface area contributed by atoms with Crippen molar-refractivity contribution in [2.75, 3.05) is 33.4 Å². The summed E-state index contributed by atoms with van der Waals surface area (Å²) < 4.78 is 23.3. The van der Waals surface area contributed by atoms with Crippen molar-refractivity contribution >= 4 is 0 Å². The van der Waals surface area contributed by atoms with E-state index >= 15 is 0 Å². The van der Waals surface area contributed by atoms with Crippen molar-refractivity contribution in [2.45, 2.75) is 6.42 Å². The van der Waals surface area contributed by atoms with Crippen molar-refractivity contribution in [3.63, 3.8) is 0 Å². The fourth-order valence-corrected chi connectivity index (χ4v) is 1.26. The first kappa shape index (κ1) is 12.9. The van der Waals surface area contributed by atoms with Gasteiger partial charge in [0.1, 0.15) is 6.61 Å². The van der Waals surface area contributed by atoms with E-state index in [2.05, 4.69) is 5.32 Å². The molecule has 3 nitrogen and oxygen atoms in total. The van der Waals surface area contributed by atoms with Gasteiger partial charge in [-0.1, -0.05) is 12.1 Å². The van der Waals surface area contributed by atoms with Crippen molar-refractivity contribution in [3.8, 4) is 5.75 Å². The van der Waals surface area contributed by atoms with E-state index < -0.39 is 0 Å². The van der Waals surface area contributed by atoms with Crippen LogP contribution in [0.1, 0.15) is 6.42 Å². The van der Waals surface area contributed by atoms with Crippen LogP contribution in [0.3, 0.4) is 0 Å². The molecule has 0 aliphatic heterocycles. The maximum absolute atomic E-state index is 13.1. The largest absolute Gasteiger partial charge is 0.489 e. The summed E-state index contributed by atoms with van der Waals surface area (Å²) in [6.07, 6.45) is 0.968. The van der Waals surface area contributed by atoms with Gasteiger partial charge in [0.25, 0.3) is 0 Å². The Hall–Kier alpha value is -1.13. The van der Waals surface area contributed by atoms with Crippen LogP contribution in [-0.2, 0) is 4.74 Å². The Balaban J connectivity index is 2.05. The van der Waals surface area contributed by atoms with Gasteiger partial charge in [0, 0.05) is 20.3 Å². The molecule has 0 unspecified atom stereocenters. The summed E-state index contributed by atoms with van der Waals surface area (Å²) in [6, 6.07) is 6.41. The number of hydrogen-bond acceptors (Lipinski definition) is 3. The minimum atomic E-state index is -0.318. The molecular formula is C12H18FNO2. The lowest BCUT2D eigenvalue weighted by molar-refractivity contribution is 0.193. The molecule has 90 valence electrons. The maximum atomic E-state index is 13.1. The van der Waals surface area contributed by atoms with Gasteiger partial charge >= 0.3 is 0 Å². The van der Waals surface area contributed by atoms with Crippen LogP contribution < -0.4 is 10.1 Å². The zero-order valence-electron chi connectivity index (χ0n) is 9.54. The quantitative estimate of drug-likeness (QED) is 0.687. The van der Waals surface area contributed by atoms with Crippen molar-refractivity contribution in [1.29, 1.82) is 0 Å². The number of halogens is 1. The molecule has 0 saturated carbocycles. The average molecular weight is 227 g/mol. The molecule has 0 fully saturated rings. The zero-order chi connectivity index (χ0) is 11.6. The second-order valence-corrected chi connectivity index (χ2v) is 3.38. The number of methoxy groups -OCH3 is 1. The summed E-state index contributed by atoms with van der Waals surface area (Å²) in [7, 11) is 1.68. The van der Waals surface area contributed by atoms with E-state index in [1.165, 1.54) is 6.07 Å². The first-order chi connectivity index (χ1) is 7.84. The number of para-hydroxylation sites is 1. The van der Waals surface area contributed by atoms with Gasteiger partial charge in [0.15, 0.2) is 11.6 Å². The number of benzene rings is 1. The molecule has 0 bridgehead atoms. The number of nitrogens with one attached hydrogen (secondary N) is 1. The highest BCUT2D eigenvalue weighted by molar-refractivity contribution is 5.23. The summed E-state index contributed by atoms with van der Waals surface area (Å²) in [6.45, 7) is 2.81. The van der Waals surface area contributed by atoms with Crippen molar-refractivity contribution in [2.24, 2.45) is 0 Å². The van der Waals surface area contributed by atoms with Crippen molar-refractivity contribution in [3.05, 3.63) is 30.1 Å². The van der Waals surface area contributed by atoms with Crippen LogP contribution in [0.5, 0.6) is 5.75 Å². The molecule has 0 aliphatic carbocycles. The molecular weight excluding hydrogens is 209 g/mol. The van der Waals surface area contributed by atoms with Crippen LogP contribution in [0.15, 0.2) is 24.3 Å². The van der Waals surface area contributed by atoms with Gasteiger partial charge in [0.05, 0.1) is 0 Å². The molecule has 1 aromatic carbocycles. The third-order valence-electron chi connectivity index (χ3n) is 2.08. The molecule has 0 saturated heterocycles. The van der Waals surface area contributed by atoms with E-state index in [1.807, 2.05) is 0 Å². The molecule has 0 aromatic heterocycles. The Labute approximate surface area is 95.6 Å². The fraction of sp³-hybridized carbons (Fsp3) is 0.500. The van der Waals surface area contributed by atoms with E-state index in [1.54, 1.807) is 25.3 Å². The Morgan fingerprint density at radius 2 is 2.00 bits per heavy atom. The summed E-state index contributed by atoms with van der Waals surface area (Å²) in [5, 5.41) is 3.18. The van der Waals surface area contributed by atoms with Gasteiger partial charge in [-0.05, 0) is 25.1 Å². The molecule has 0 aliphatic rings. The third kappa shape index (κ3) is 5.09. The van der Waals surface area contributed by atoms with Gasteiger partial charge in [-0.2, -0.15) is 0 Å². The average Bonchev–Trinajstić information content (AvgIpc) is 2.30. The number of hydrogen-bond donors (Lipinski definition) is 1. The molecule has 0 spiro atoms. The predicted molar refractivity (Wildman–Crippen MR) is 61.3 cm³/mol. The maximum Gasteiger partial charge on any atom is 0.165 e. The Morgan fingerprint density at radius 1 is 1.19 bits per heavy atom. The monoisotopic (exact) mass is 227 g/mol. The van der Waals surface area contributed by atoms with Gasteiger partial charge in [-0.15, -0.1) is 0 Å². The summed E-state index contributed by atoms with van der Waals surface area (Å²) in [5.74, 6) is -0.0110. The molecule has 1 aromatic rings. The summed E-state index contributed by atoms with van der Waals surface area (Å²) >= 11 is 0. The molecule has 16 heavy (non-hydrogen) atoms. The minimum Gasteiger partial charge on any atom is -0.489 e.